The fourth-order valence-corrected chi connectivity index (χ4v) is 5.04. The summed E-state index contributed by atoms with van der Waals surface area (Å²) in [7, 11) is 0. The normalized spacial score (nSPS) is 16.9. The quantitative estimate of drug-likeness (QED) is 0.400. The molecule has 1 saturated heterocycles. The molecule has 2 aromatic heterocycles. The summed E-state index contributed by atoms with van der Waals surface area (Å²) in [6.45, 7) is 3.95. The molecule has 7 nitrogen and oxygen atoms in total. The number of aliphatic hydroxyl groups excluding tert-OH is 1. The molecule has 1 fully saturated rings. The highest BCUT2D eigenvalue weighted by Crippen LogP contribution is 2.34. The number of benzene rings is 2. The summed E-state index contributed by atoms with van der Waals surface area (Å²) in [5, 5.41) is 23.2. The second-order valence-electron chi connectivity index (χ2n) is 8.56. The van der Waals surface area contributed by atoms with E-state index in [2.05, 4.69) is 74.1 Å². The van der Waals surface area contributed by atoms with Gasteiger partial charge in [0.25, 0.3) is 0 Å². The van der Waals surface area contributed by atoms with Crippen LogP contribution in [0.4, 0.5) is 0 Å². The van der Waals surface area contributed by atoms with Gasteiger partial charge in [-0.2, -0.15) is 0 Å². The summed E-state index contributed by atoms with van der Waals surface area (Å²) in [5.74, 6) is 0. The van der Waals surface area contributed by atoms with Crippen molar-refractivity contribution in [1.82, 2.24) is 30.0 Å². The molecule has 1 aliphatic heterocycles. The summed E-state index contributed by atoms with van der Waals surface area (Å²) in [5.41, 5.74) is 4.35. The van der Waals surface area contributed by atoms with Gasteiger partial charge in [-0.25, -0.2) is 0 Å². The van der Waals surface area contributed by atoms with Gasteiger partial charge in [-0.3, -0.25) is 9.47 Å². The van der Waals surface area contributed by atoms with Gasteiger partial charge < -0.3 is 15.4 Å². The molecule has 0 bridgehead atoms. The lowest BCUT2D eigenvalue weighted by Gasteiger charge is -2.45. The van der Waals surface area contributed by atoms with Crippen LogP contribution in [0.1, 0.15) is 24.0 Å². The second-order valence-corrected chi connectivity index (χ2v) is 8.56. The van der Waals surface area contributed by atoms with Crippen LogP contribution in [0.15, 0.2) is 67.4 Å². The van der Waals surface area contributed by atoms with Gasteiger partial charge in [0.2, 0.25) is 0 Å². The number of aromatic amines is 1. The smallest absolute Gasteiger partial charge is 0.123 e. The van der Waals surface area contributed by atoms with Crippen molar-refractivity contribution in [3.05, 3.63) is 78.5 Å². The minimum absolute atomic E-state index is 0.128. The van der Waals surface area contributed by atoms with Crippen LogP contribution in [0.25, 0.3) is 16.6 Å². The first-order valence-corrected chi connectivity index (χ1v) is 11.4. The lowest BCUT2D eigenvalue weighted by atomic mass is 9.82. The van der Waals surface area contributed by atoms with Crippen molar-refractivity contribution in [3.63, 3.8) is 0 Å². The molecular weight excluding hydrogens is 400 g/mol. The number of nitrogens with one attached hydrogen (secondary N) is 2. The van der Waals surface area contributed by atoms with Gasteiger partial charge in [-0.1, -0.05) is 30.3 Å². The molecule has 0 radical (unpaired) electrons. The van der Waals surface area contributed by atoms with E-state index in [9.17, 15) is 5.11 Å². The van der Waals surface area contributed by atoms with E-state index in [4.69, 9.17) is 0 Å². The molecule has 0 amide bonds. The monoisotopic (exact) mass is 430 g/mol. The zero-order valence-corrected chi connectivity index (χ0v) is 18.2. The molecule has 3 heterocycles. The van der Waals surface area contributed by atoms with E-state index in [1.807, 2.05) is 10.6 Å². The van der Waals surface area contributed by atoms with E-state index in [0.717, 1.165) is 56.6 Å². The lowest BCUT2D eigenvalue weighted by molar-refractivity contribution is 0.00881. The Labute approximate surface area is 188 Å². The van der Waals surface area contributed by atoms with E-state index in [-0.39, 0.29) is 12.1 Å². The topological polar surface area (TPSA) is 82.0 Å². The van der Waals surface area contributed by atoms with Crippen LogP contribution in [-0.2, 0) is 12.0 Å². The Morgan fingerprint density at radius 2 is 1.78 bits per heavy atom. The predicted molar refractivity (Wildman–Crippen MR) is 126 cm³/mol. The Hall–Kier alpha value is -3.00. The minimum atomic E-state index is -0.344. The van der Waals surface area contributed by atoms with Crippen LogP contribution in [0.3, 0.4) is 0 Å². The van der Waals surface area contributed by atoms with E-state index < -0.39 is 0 Å². The number of aromatic nitrogens is 4. The first-order chi connectivity index (χ1) is 15.8. The molecule has 1 atom stereocenters. The average molecular weight is 431 g/mol. The first kappa shape index (κ1) is 20.9. The van der Waals surface area contributed by atoms with Crippen molar-refractivity contribution in [2.45, 2.75) is 24.8 Å². The summed E-state index contributed by atoms with van der Waals surface area (Å²) >= 11 is 0. The Balaban J connectivity index is 1.38. The van der Waals surface area contributed by atoms with E-state index in [1.165, 1.54) is 16.5 Å². The molecule has 0 aliphatic carbocycles. The van der Waals surface area contributed by atoms with Crippen LogP contribution >= 0.6 is 0 Å². The van der Waals surface area contributed by atoms with Crippen LogP contribution in [0.2, 0.25) is 0 Å². The molecule has 3 N–H and O–H groups in total. The SMILES string of the molecule is OCC(CCCc1c[nH]c2ccc(-n3cnnc3)cc12)(c1ccccc1)N1CCNCC1. The number of hydrogen-bond donors (Lipinski definition) is 3. The van der Waals surface area contributed by atoms with Crippen molar-refractivity contribution < 1.29 is 5.11 Å². The molecule has 1 unspecified atom stereocenters. The predicted octanol–water partition coefficient (Wildman–Crippen LogP) is 2.86. The highest BCUT2D eigenvalue weighted by Gasteiger charge is 2.38. The van der Waals surface area contributed by atoms with Crippen LogP contribution in [0, 0.1) is 0 Å². The Morgan fingerprint density at radius 1 is 1.00 bits per heavy atom. The number of aryl methyl sites for hydroxylation is 1. The van der Waals surface area contributed by atoms with E-state index >= 15 is 0 Å². The number of rotatable bonds is 8. The van der Waals surface area contributed by atoms with Crippen LogP contribution in [-0.4, -0.2) is 62.5 Å². The maximum atomic E-state index is 10.7. The van der Waals surface area contributed by atoms with Gasteiger partial charge in [-0.05, 0) is 48.6 Å². The minimum Gasteiger partial charge on any atom is -0.394 e. The van der Waals surface area contributed by atoms with Gasteiger partial charge >= 0.3 is 0 Å². The number of fused-ring (bicyclic) bond motifs is 1. The molecule has 4 aromatic rings. The molecule has 1 aliphatic rings. The molecular formula is C25H30N6O. The number of hydrogen-bond acceptors (Lipinski definition) is 5. The summed E-state index contributed by atoms with van der Waals surface area (Å²) in [6, 6.07) is 16.9. The lowest BCUT2D eigenvalue weighted by Crippen LogP contribution is -2.56. The summed E-state index contributed by atoms with van der Waals surface area (Å²) in [6.07, 6.45) is 8.41. The first-order valence-electron chi connectivity index (χ1n) is 11.4. The second kappa shape index (κ2) is 9.24. The zero-order valence-electron chi connectivity index (χ0n) is 18.2. The Bertz CT molecular complexity index is 1130. The van der Waals surface area contributed by atoms with Crippen molar-refractivity contribution in [3.8, 4) is 5.69 Å². The average Bonchev–Trinajstić information content (AvgIpc) is 3.53. The third-order valence-electron chi connectivity index (χ3n) is 6.80. The fourth-order valence-electron chi connectivity index (χ4n) is 5.04. The number of aliphatic hydroxyl groups is 1. The molecule has 5 rings (SSSR count). The summed E-state index contributed by atoms with van der Waals surface area (Å²) in [4.78, 5) is 5.88. The molecule has 2 aromatic carbocycles. The maximum absolute atomic E-state index is 10.7. The van der Waals surface area contributed by atoms with Gasteiger partial charge in [0, 0.05) is 49.0 Å². The summed E-state index contributed by atoms with van der Waals surface area (Å²) < 4.78 is 1.92. The molecule has 166 valence electrons. The number of nitrogens with zero attached hydrogens (tertiary/aromatic N) is 4. The Morgan fingerprint density at radius 3 is 2.53 bits per heavy atom. The molecule has 7 heteroatoms. The third kappa shape index (κ3) is 3.95. The highest BCUT2D eigenvalue weighted by atomic mass is 16.3. The van der Waals surface area contributed by atoms with Crippen molar-refractivity contribution >= 4 is 10.9 Å². The molecule has 0 saturated carbocycles. The number of H-pyrrole nitrogens is 1. The maximum Gasteiger partial charge on any atom is 0.123 e. The van der Waals surface area contributed by atoms with E-state index in [1.54, 1.807) is 12.7 Å². The largest absolute Gasteiger partial charge is 0.394 e. The fraction of sp³-hybridized carbons (Fsp3) is 0.360. The van der Waals surface area contributed by atoms with Crippen molar-refractivity contribution in [2.75, 3.05) is 32.8 Å². The van der Waals surface area contributed by atoms with Crippen molar-refractivity contribution in [2.24, 2.45) is 0 Å². The molecule has 0 spiro atoms. The highest BCUT2D eigenvalue weighted by molar-refractivity contribution is 5.85. The van der Waals surface area contributed by atoms with Gasteiger partial charge in [0.1, 0.15) is 12.7 Å². The van der Waals surface area contributed by atoms with Crippen LogP contribution < -0.4 is 5.32 Å². The van der Waals surface area contributed by atoms with E-state index in [0.29, 0.717) is 0 Å². The van der Waals surface area contributed by atoms with Gasteiger partial charge in [-0.15, -0.1) is 10.2 Å². The third-order valence-corrected chi connectivity index (χ3v) is 6.80. The van der Waals surface area contributed by atoms with Gasteiger partial charge in [0.05, 0.1) is 12.1 Å². The molecule has 32 heavy (non-hydrogen) atoms. The Kier molecular flexibility index (Phi) is 6.03. The standard InChI is InChI=1S/C25H30N6O/c32-17-25(21-6-2-1-3-7-21,31-13-11-26-12-14-31)10-4-5-20-16-27-24-9-8-22(15-23(20)24)30-18-28-29-19-30/h1-3,6-9,15-16,18-19,26-27,32H,4-5,10-14,17H2. The van der Waals surface area contributed by atoms with Crippen LogP contribution in [0.5, 0.6) is 0 Å². The van der Waals surface area contributed by atoms with Crippen molar-refractivity contribution in [1.29, 1.82) is 0 Å². The zero-order chi connectivity index (χ0) is 21.8. The number of piperazine rings is 1. The van der Waals surface area contributed by atoms with Gasteiger partial charge in [0.15, 0.2) is 0 Å².